The van der Waals surface area contributed by atoms with Gasteiger partial charge in [-0.2, -0.15) is 0 Å². The van der Waals surface area contributed by atoms with E-state index in [-0.39, 0.29) is 35.0 Å². The number of carbonyl (C=O) groups is 1. The van der Waals surface area contributed by atoms with Gasteiger partial charge < -0.3 is 31.2 Å². The van der Waals surface area contributed by atoms with Gasteiger partial charge in [0.25, 0.3) is 5.91 Å². The number of benzene rings is 1. The summed E-state index contributed by atoms with van der Waals surface area (Å²) in [7, 11) is 3.47. The number of rotatable bonds is 6. The van der Waals surface area contributed by atoms with Crippen LogP contribution in [-0.2, 0) is 7.05 Å². The second kappa shape index (κ2) is 9.82. The van der Waals surface area contributed by atoms with Crippen LogP contribution in [0.1, 0.15) is 24.3 Å². The Bertz CT molecular complexity index is 1510. The number of imidazole rings is 1. The first-order chi connectivity index (χ1) is 18.2. The standard InChI is InChI=1S/C25H28F2N10O/c1-12-9-37(10-13(2)32-12)22-16(26)5-14(6-17(22)27)33-25-21(23(28)38)34-20(24(29-3)35-25)15-7-30-8-18-19(15)31-11-36(18)4/h5-8,11-13,32H,9-10H2,1-4H3,(H2,28,38)(H2,29,33,35). The van der Waals surface area contributed by atoms with Crippen LogP contribution in [0.5, 0.6) is 0 Å². The molecule has 11 nitrogen and oxygen atoms in total. The molecule has 0 saturated carbocycles. The molecule has 5 rings (SSSR count). The average Bonchev–Trinajstić information content (AvgIpc) is 3.23. The molecule has 2 atom stereocenters. The number of pyridine rings is 1. The minimum atomic E-state index is -0.869. The second-order valence-corrected chi connectivity index (χ2v) is 9.43. The largest absolute Gasteiger partial charge is 0.371 e. The SMILES string of the molecule is CNc1nc(Nc2cc(F)c(N3CC(C)NC(C)C3)c(F)c2)c(C(N)=O)nc1-c1cncc2c1ncn2C. The highest BCUT2D eigenvalue weighted by molar-refractivity contribution is 5.99. The number of halogens is 2. The summed E-state index contributed by atoms with van der Waals surface area (Å²) in [6, 6.07) is 2.48. The van der Waals surface area contributed by atoms with Crippen LogP contribution < -0.4 is 26.6 Å². The number of hydrogen-bond donors (Lipinski definition) is 4. The van der Waals surface area contributed by atoms with Gasteiger partial charge in [0.1, 0.15) is 16.9 Å². The molecule has 13 heteroatoms. The maximum atomic E-state index is 15.2. The van der Waals surface area contributed by atoms with Crippen LogP contribution >= 0.6 is 0 Å². The van der Waals surface area contributed by atoms with Gasteiger partial charge in [-0.3, -0.25) is 9.78 Å². The summed E-state index contributed by atoms with van der Waals surface area (Å²) in [5.74, 6) is -2.10. The van der Waals surface area contributed by atoms with Crippen molar-refractivity contribution >= 4 is 40.0 Å². The minimum absolute atomic E-state index is 0.0530. The van der Waals surface area contributed by atoms with Gasteiger partial charge in [0.15, 0.2) is 29.0 Å². The molecule has 1 aliphatic rings. The summed E-state index contributed by atoms with van der Waals surface area (Å²) in [5.41, 5.74) is 7.59. The highest BCUT2D eigenvalue weighted by atomic mass is 19.1. The number of anilines is 4. The molecule has 1 saturated heterocycles. The summed E-state index contributed by atoms with van der Waals surface area (Å²) in [4.78, 5) is 31.7. The zero-order chi connectivity index (χ0) is 27.1. The zero-order valence-electron chi connectivity index (χ0n) is 21.4. The van der Waals surface area contributed by atoms with E-state index in [1.54, 1.807) is 35.2 Å². The average molecular weight is 523 g/mol. The van der Waals surface area contributed by atoms with Crippen molar-refractivity contribution in [3.63, 3.8) is 0 Å². The van der Waals surface area contributed by atoms with E-state index in [0.29, 0.717) is 35.7 Å². The van der Waals surface area contributed by atoms with Crippen LogP contribution in [0.25, 0.3) is 22.3 Å². The molecule has 1 amide bonds. The maximum absolute atomic E-state index is 15.2. The van der Waals surface area contributed by atoms with Crippen molar-refractivity contribution in [1.82, 2.24) is 29.8 Å². The molecule has 2 unspecified atom stereocenters. The predicted octanol–water partition coefficient (Wildman–Crippen LogP) is 2.77. The number of nitrogens with one attached hydrogen (secondary N) is 3. The quantitative estimate of drug-likeness (QED) is 0.301. The van der Waals surface area contributed by atoms with Crippen LogP contribution in [0, 0.1) is 11.6 Å². The lowest BCUT2D eigenvalue weighted by molar-refractivity contribution is 0.0996. The molecule has 4 aromatic rings. The Labute approximate surface area is 217 Å². The van der Waals surface area contributed by atoms with E-state index >= 15 is 8.78 Å². The number of piperazine rings is 1. The van der Waals surface area contributed by atoms with E-state index < -0.39 is 17.5 Å². The molecule has 0 spiro atoms. The third-order valence-electron chi connectivity index (χ3n) is 6.41. The first-order valence-corrected chi connectivity index (χ1v) is 12.1. The lowest BCUT2D eigenvalue weighted by Crippen LogP contribution is -2.54. The zero-order valence-corrected chi connectivity index (χ0v) is 21.4. The number of amides is 1. The summed E-state index contributed by atoms with van der Waals surface area (Å²) in [6.45, 7) is 4.86. The van der Waals surface area contributed by atoms with E-state index in [9.17, 15) is 4.79 Å². The Morgan fingerprint density at radius 3 is 2.42 bits per heavy atom. The Hall–Kier alpha value is -4.39. The molecule has 4 heterocycles. The van der Waals surface area contributed by atoms with Crippen molar-refractivity contribution in [2.45, 2.75) is 25.9 Å². The van der Waals surface area contributed by atoms with Gasteiger partial charge in [0, 0.05) is 51.2 Å². The van der Waals surface area contributed by atoms with Gasteiger partial charge in [-0.05, 0) is 26.0 Å². The van der Waals surface area contributed by atoms with Gasteiger partial charge in [-0.25, -0.2) is 23.7 Å². The van der Waals surface area contributed by atoms with Gasteiger partial charge in [0.05, 0.1) is 23.6 Å². The van der Waals surface area contributed by atoms with E-state index in [0.717, 1.165) is 17.6 Å². The molecule has 3 aromatic heterocycles. The topological polar surface area (TPSA) is 139 Å². The normalized spacial score (nSPS) is 17.6. The van der Waals surface area contributed by atoms with E-state index in [2.05, 4.69) is 35.9 Å². The lowest BCUT2D eigenvalue weighted by Gasteiger charge is -2.37. The van der Waals surface area contributed by atoms with Gasteiger partial charge in [-0.1, -0.05) is 0 Å². The van der Waals surface area contributed by atoms with Gasteiger partial charge in [-0.15, -0.1) is 0 Å². The Morgan fingerprint density at radius 2 is 1.79 bits per heavy atom. The minimum Gasteiger partial charge on any atom is -0.371 e. The predicted molar refractivity (Wildman–Crippen MR) is 142 cm³/mol. The number of nitrogens with two attached hydrogens (primary N) is 1. The first kappa shape index (κ1) is 25.3. The highest BCUT2D eigenvalue weighted by Gasteiger charge is 2.27. The van der Waals surface area contributed by atoms with Crippen LogP contribution in [0.15, 0.2) is 30.9 Å². The summed E-state index contributed by atoms with van der Waals surface area (Å²) >= 11 is 0. The molecular formula is C25H28F2N10O. The van der Waals surface area contributed by atoms with Crippen LogP contribution in [-0.4, -0.2) is 62.6 Å². The number of aromatic nitrogens is 5. The molecule has 1 fully saturated rings. The fourth-order valence-corrected chi connectivity index (χ4v) is 4.86. The van der Waals surface area contributed by atoms with Crippen LogP contribution in [0.3, 0.4) is 0 Å². The van der Waals surface area contributed by atoms with Crippen molar-refractivity contribution in [2.75, 3.05) is 35.7 Å². The van der Waals surface area contributed by atoms with Crippen molar-refractivity contribution in [1.29, 1.82) is 0 Å². The highest BCUT2D eigenvalue weighted by Crippen LogP contribution is 2.34. The second-order valence-electron chi connectivity index (χ2n) is 9.43. The van der Waals surface area contributed by atoms with E-state index in [1.165, 1.54) is 0 Å². The van der Waals surface area contributed by atoms with Gasteiger partial charge in [0.2, 0.25) is 0 Å². The first-order valence-electron chi connectivity index (χ1n) is 12.1. The number of fused-ring (bicyclic) bond motifs is 1. The lowest BCUT2D eigenvalue weighted by atomic mass is 10.1. The Balaban J connectivity index is 1.54. The molecule has 38 heavy (non-hydrogen) atoms. The number of aryl methyl sites for hydroxylation is 1. The third-order valence-corrected chi connectivity index (χ3v) is 6.41. The Morgan fingerprint density at radius 1 is 1.11 bits per heavy atom. The monoisotopic (exact) mass is 522 g/mol. The number of primary amides is 1. The maximum Gasteiger partial charge on any atom is 0.271 e. The summed E-state index contributed by atoms with van der Waals surface area (Å²) < 4.78 is 32.2. The van der Waals surface area contributed by atoms with Crippen molar-refractivity contribution in [2.24, 2.45) is 12.8 Å². The number of carbonyl (C=O) groups excluding carboxylic acids is 1. The third kappa shape index (κ3) is 4.56. The molecule has 5 N–H and O–H groups in total. The van der Waals surface area contributed by atoms with Crippen molar-refractivity contribution in [3.05, 3.63) is 48.2 Å². The van der Waals surface area contributed by atoms with Crippen LogP contribution in [0.2, 0.25) is 0 Å². The van der Waals surface area contributed by atoms with Crippen molar-refractivity contribution < 1.29 is 13.6 Å². The fourth-order valence-electron chi connectivity index (χ4n) is 4.86. The van der Waals surface area contributed by atoms with E-state index in [4.69, 9.17) is 5.73 Å². The number of nitrogens with zero attached hydrogens (tertiary/aromatic N) is 6. The molecule has 0 radical (unpaired) electrons. The molecule has 0 aliphatic carbocycles. The van der Waals surface area contributed by atoms with Crippen LogP contribution in [0.4, 0.5) is 31.8 Å². The smallest absolute Gasteiger partial charge is 0.271 e. The summed E-state index contributed by atoms with van der Waals surface area (Å²) in [6.07, 6.45) is 4.87. The molecule has 198 valence electrons. The number of hydrogen-bond acceptors (Lipinski definition) is 9. The van der Waals surface area contributed by atoms with Gasteiger partial charge >= 0.3 is 0 Å². The Kier molecular flexibility index (Phi) is 6.53. The van der Waals surface area contributed by atoms with Crippen molar-refractivity contribution in [3.8, 4) is 11.3 Å². The molecule has 0 bridgehead atoms. The molecule has 1 aromatic carbocycles. The molecule has 1 aliphatic heterocycles. The fraction of sp³-hybridized carbons (Fsp3) is 0.320. The molecular weight excluding hydrogens is 494 g/mol. The summed E-state index contributed by atoms with van der Waals surface area (Å²) in [5, 5.41) is 9.11. The van der Waals surface area contributed by atoms with E-state index in [1.807, 2.05) is 20.9 Å².